The lowest BCUT2D eigenvalue weighted by molar-refractivity contribution is 0.0338. The first-order valence-corrected chi connectivity index (χ1v) is 7.14. The number of rotatable bonds is 3. The first-order valence-electron chi connectivity index (χ1n) is 7.14. The molecule has 3 rings (SSSR count). The molecule has 0 amide bonds. The quantitative estimate of drug-likeness (QED) is 0.918. The first kappa shape index (κ1) is 13.4. The lowest BCUT2D eigenvalue weighted by atomic mass is 9.97. The Morgan fingerprint density at radius 1 is 1.35 bits per heavy atom. The van der Waals surface area contributed by atoms with E-state index < -0.39 is 0 Å². The molecule has 2 atom stereocenters. The molecule has 1 aromatic carbocycles. The van der Waals surface area contributed by atoms with Gasteiger partial charge in [0.1, 0.15) is 0 Å². The lowest BCUT2D eigenvalue weighted by Crippen LogP contribution is -2.43. The second kappa shape index (κ2) is 5.42. The molecule has 0 aliphatic carbocycles. The Hall–Kier alpha value is -1.59. The van der Waals surface area contributed by atoms with Crippen LogP contribution >= 0.6 is 0 Å². The Morgan fingerprint density at radius 2 is 2.15 bits per heavy atom. The van der Waals surface area contributed by atoms with E-state index in [9.17, 15) is 9.90 Å². The third kappa shape index (κ3) is 2.51. The number of aromatic nitrogens is 1. The van der Waals surface area contributed by atoms with E-state index in [0.29, 0.717) is 18.0 Å². The van der Waals surface area contributed by atoms with E-state index in [1.165, 1.54) is 0 Å². The summed E-state index contributed by atoms with van der Waals surface area (Å²) >= 11 is 0. The van der Waals surface area contributed by atoms with E-state index in [1.807, 2.05) is 24.3 Å². The van der Waals surface area contributed by atoms with Crippen molar-refractivity contribution in [3.63, 3.8) is 0 Å². The van der Waals surface area contributed by atoms with E-state index in [0.717, 1.165) is 31.6 Å². The molecule has 20 heavy (non-hydrogen) atoms. The van der Waals surface area contributed by atoms with Crippen molar-refractivity contribution >= 4 is 11.1 Å². The monoisotopic (exact) mass is 276 g/mol. The van der Waals surface area contributed by atoms with E-state index in [4.69, 9.17) is 4.42 Å². The summed E-state index contributed by atoms with van der Waals surface area (Å²) in [6.07, 6.45) is 0.617. The molecule has 2 heterocycles. The highest BCUT2D eigenvalue weighted by Gasteiger charge is 2.24. The summed E-state index contributed by atoms with van der Waals surface area (Å²) in [6.45, 7) is 5.26. The Balaban J connectivity index is 1.71. The van der Waals surface area contributed by atoms with Crippen molar-refractivity contribution in [3.8, 4) is 0 Å². The molecular weight excluding hydrogens is 256 g/mol. The number of benzene rings is 1. The fourth-order valence-electron chi connectivity index (χ4n) is 2.89. The maximum Gasteiger partial charge on any atom is 0.419 e. The number of aliphatic hydroxyl groups is 1. The van der Waals surface area contributed by atoms with Crippen LogP contribution in [-0.2, 0) is 6.54 Å². The molecule has 0 radical (unpaired) electrons. The Labute approximate surface area is 117 Å². The summed E-state index contributed by atoms with van der Waals surface area (Å²) in [5.41, 5.74) is 1.49. The normalized spacial score (nSPS) is 24.3. The van der Waals surface area contributed by atoms with Gasteiger partial charge in [-0.3, -0.25) is 4.57 Å². The van der Waals surface area contributed by atoms with Gasteiger partial charge in [0, 0.05) is 26.2 Å². The number of fused-ring (bicyclic) bond motifs is 1. The topological polar surface area (TPSA) is 58.6 Å². The minimum absolute atomic E-state index is 0.191. The standard InChI is InChI=1S/C15H20N2O3/c1-11-10-16(7-6-13(11)18)8-9-17-12-4-2-3-5-14(12)20-15(17)19/h2-5,11,13,18H,6-10H2,1H3. The van der Waals surface area contributed by atoms with Crippen molar-refractivity contribution in [1.82, 2.24) is 9.47 Å². The second-order valence-electron chi connectivity index (χ2n) is 5.62. The predicted octanol–water partition coefficient (Wildman–Crippen LogP) is 1.30. The molecule has 0 bridgehead atoms. The minimum atomic E-state index is -0.295. The fraction of sp³-hybridized carbons (Fsp3) is 0.533. The summed E-state index contributed by atoms with van der Waals surface area (Å²) in [7, 11) is 0. The number of hydrogen-bond acceptors (Lipinski definition) is 4. The molecule has 5 nitrogen and oxygen atoms in total. The van der Waals surface area contributed by atoms with Gasteiger partial charge < -0.3 is 14.4 Å². The van der Waals surface area contributed by atoms with Gasteiger partial charge in [-0.1, -0.05) is 19.1 Å². The van der Waals surface area contributed by atoms with Crippen LogP contribution in [0.3, 0.4) is 0 Å². The van der Waals surface area contributed by atoms with Crippen LogP contribution in [0.1, 0.15) is 13.3 Å². The third-order valence-corrected chi connectivity index (χ3v) is 4.16. The molecule has 2 unspecified atom stereocenters. The van der Waals surface area contributed by atoms with Gasteiger partial charge in [0.15, 0.2) is 5.58 Å². The van der Waals surface area contributed by atoms with Crippen LogP contribution < -0.4 is 5.76 Å². The molecule has 1 N–H and O–H groups in total. The largest absolute Gasteiger partial charge is 0.419 e. The Morgan fingerprint density at radius 3 is 2.95 bits per heavy atom. The van der Waals surface area contributed by atoms with E-state index >= 15 is 0 Å². The maximum absolute atomic E-state index is 11.9. The van der Waals surface area contributed by atoms with Crippen LogP contribution in [0, 0.1) is 5.92 Å². The molecule has 1 aliphatic rings. The highest BCUT2D eigenvalue weighted by Crippen LogP contribution is 2.17. The van der Waals surface area contributed by atoms with Crippen LogP contribution in [0.2, 0.25) is 0 Å². The van der Waals surface area contributed by atoms with Gasteiger partial charge in [-0.25, -0.2) is 4.79 Å². The van der Waals surface area contributed by atoms with Crippen molar-refractivity contribution < 1.29 is 9.52 Å². The van der Waals surface area contributed by atoms with Crippen LogP contribution in [0.5, 0.6) is 0 Å². The van der Waals surface area contributed by atoms with Gasteiger partial charge in [-0.15, -0.1) is 0 Å². The number of nitrogens with zero attached hydrogens (tertiary/aromatic N) is 2. The Kier molecular flexibility index (Phi) is 3.63. The summed E-state index contributed by atoms with van der Waals surface area (Å²) in [5, 5.41) is 9.74. The van der Waals surface area contributed by atoms with Gasteiger partial charge in [-0.2, -0.15) is 0 Å². The third-order valence-electron chi connectivity index (χ3n) is 4.16. The van der Waals surface area contributed by atoms with Crippen LogP contribution in [0.15, 0.2) is 33.5 Å². The van der Waals surface area contributed by atoms with E-state index in [2.05, 4.69) is 11.8 Å². The van der Waals surface area contributed by atoms with Crippen LogP contribution in [0.25, 0.3) is 11.1 Å². The molecular formula is C15H20N2O3. The van der Waals surface area contributed by atoms with Gasteiger partial charge in [0.05, 0.1) is 11.6 Å². The smallest absolute Gasteiger partial charge is 0.408 e. The summed E-state index contributed by atoms with van der Waals surface area (Å²) in [4.78, 5) is 14.2. The van der Waals surface area contributed by atoms with Crippen molar-refractivity contribution in [2.24, 2.45) is 5.92 Å². The fourth-order valence-corrected chi connectivity index (χ4v) is 2.89. The van der Waals surface area contributed by atoms with Gasteiger partial charge in [-0.05, 0) is 24.5 Å². The van der Waals surface area contributed by atoms with E-state index in [1.54, 1.807) is 4.57 Å². The summed E-state index contributed by atoms with van der Waals surface area (Å²) < 4.78 is 6.91. The highest BCUT2D eigenvalue weighted by molar-refractivity contribution is 5.72. The van der Waals surface area contributed by atoms with Crippen molar-refractivity contribution in [1.29, 1.82) is 0 Å². The molecule has 1 aromatic heterocycles. The van der Waals surface area contributed by atoms with E-state index in [-0.39, 0.29) is 11.9 Å². The van der Waals surface area contributed by atoms with Crippen molar-refractivity contribution in [2.75, 3.05) is 19.6 Å². The zero-order chi connectivity index (χ0) is 14.1. The van der Waals surface area contributed by atoms with Gasteiger partial charge in [0.2, 0.25) is 0 Å². The number of oxazole rings is 1. The number of hydrogen-bond donors (Lipinski definition) is 1. The molecule has 1 saturated heterocycles. The zero-order valence-electron chi connectivity index (χ0n) is 11.7. The molecule has 5 heteroatoms. The molecule has 2 aromatic rings. The van der Waals surface area contributed by atoms with Gasteiger partial charge >= 0.3 is 5.76 Å². The minimum Gasteiger partial charge on any atom is -0.408 e. The number of piperidine rings is 1. The molecule has 1 aliphatic heterocycles. The van der Waals surface area contributed by atoms with Crippen LogP contribution in [0.4, 0.5) is 0 Å². The second-order valence-corrected chi connectivity index (χ2v) is 5.62. The SMILES string of the molecule is CC1CN(CCn2c(=O)oc3ccccc32)CCC1O. The summed E-state index contributed by atoms with van der Waals surface area (Å²) in [6, 6.07) is 7.49. The molecule has 0 saturated carbocycles. The Bertz CT molecular complexity index is 646. The molecule has 108 valence electrons. The van der Waals surface area contributed by atoms with Crippen molar-refractivity contribution in [2.45, 2.75) is 26.0 Å². The summed E-state index contributed by atoms with van der Waals surface area (Å²) in [5.74, 6) is -0.00198. The average molecular weight is 276 g/mol. The number of para-hydroxylation sites is 2. The number of aliphatic hydroxyl groups excluding tert-OH is 1. The van der Waals surface area contributed by atoms with Crippen LogP contribution in [-0.4, -0.2) is 40.3 Å². The highest BCUT2D eigenvalue weighted by atomic mass is 16.4. The average Bonchev–Trinajstić information content (AvgIpc) is 2.76. The maximum atomic E-state index is 11.9. The van der Waals surface area contributed by atoms with Gasteiger partial charge in [0.25, 0.3) is 0 Å². The lowest BCUT2D eigenvalue weighted by Gasteiger charge is -2.34. The van der Waals surface area contributed by atoms with Crippen molar-refractivity contribution in [3.05, 3.63) is 34.8 Å². The first-order chi connectivity index (χ1) is 9.65. The molecule has 1 fully saturated rings. The predicted molar refractivity (Wildman–Crippen MR) is 76.7 cm³/mol. The zero-order valence-corrected chi connectivity index (χ0v) is 11.7. The molecule has 0 spiro atoms. The number of likely N-dealkylation sites (tertiary alicyclic amines) is 1.